The van der Waals surface area contributed by atoms with Crippen LogP contribution in [0.5, 0.6) is 0 Å². The SMILES string of the molecule is O=C(NCC(O)C1CC1)c1ccncc1Cl. The molecule has 1 aliphatic rings. The molecule has 0 spiro atoms. The van der Waals surface area contributed by atoms with Gasteiger partial charge in [-0.3, -0.25) is 9.78 Å². The summed E-state index contributed by atoms with van der Waals surface area (Å²) in [6.45, 7) is 0.280. The van der Waals surface area contributed by atoms with Gasteiger partial charge in [0.1, 0.15) is 0 Å². The standard InChI is InChI=1S/C11H13ClN2O2/c12-9-5-13-4-3-8(9)11(16)14-6-10(15)7-1-2-7/h3-5,7,10,15H,1-2,6H2,(H,14,16). The molecule has 2 N–H and O–H groups in total. The number of carbonyl (C=O) groups excluding carboxylic acids is 1. The average Bonchev–Trinajstić information content (AvgIpc) is 3.10. The lowest BCUT2D eigenvalue weighted by atomic mass is 10.2. The number of carbonyl (C=O) groups is 1. The molecule has 1 aromatic rings. The molecule has 4 nitrogen and oxygen atoms in total. The molecule has 1 atom stereocenters. The fourth-order valence-corrected chi connectivity index (χ4v) is 1.70. The Labute approximate surface area is 98.6 Å². The number of amides is 1. The molecule has 16 heavy (non-hydrogen) atoms. The van der Waals surface area contributed by atoms with Gasteiger partial charge in [-0.2, -0.15) is 0 Å². The van der Waals surface area contributed by atoms with Gasteiger partial charge in [-0.15, -0.1) is 0 Å². The highest BCUT2D eigenvalue weighted by Gasteiger charge is 2.29. The van der Waals surface area contributed by atoms with Gasteiger partial charge in [0, 0.05) is 18.9 Å². The zero-order valence-corrected chi connectivity index (χ0v) is 9.44. The van der Waals surface area contributed by atoms with Crippen molar-refractivity contribution in [3.05, 3.63) is 29.0 Å². The van der Waals surface area contributed by atoms with Crippen LogP contribution in [-0.2, 0) is 0 Å². The lowest BCUT2D eigenvalue weighted by molar-refractivity contribution is 0.0901. The van der Waals surface area contributed by atoms with E-state index >= 15 is 0 Å². The maximum absolute atomic E-state index is 11.7. The van der Waals surface area contributed by atoms with Gasteiger partial charge in [-0.05, 0) is 24.8 Å². The lowest BCUT2D eigenvalue weighted by Crippen LogP contribution is -2.33. The molecule has 1 saturated carbocycles. The van der Waals surface area contributed by atoms with Gasteiger partial charge in [0.2, 0.25) is 0 Å². The number of aromatic nitrogens is 1. The Morgan fingerprint density at radius 2 is 2.44 bits per heavy atom. The van der Waals surface area contributed by atoms with Crippen LogP contribution >= 0.6 is 11.6 Å². The van der Waals surface area contributed by atoms with E-state index in [9.17, 15) is 9.90 Å². The van der Waals surface area contributed by atoms with E-state index in [4.69, 9.17) is 11.6 Å². The van der Waals surface area contributed by atoms with Crippen molar-refractivity contribution < 1.29 is 9.90 Å². The van der Waals surface area contributed by atoms with E-state index in [-0.39, 0.29) is 12.5 Å². The van der Waals surface area contributed by atoms with Gasteiger partial charge < -0.3 is 10.4 Å². The predicted molar refractivity (Wildman–Crippen MR) is 60.3 cm³/mol. The first-order valence-corrected chi connectivity index (χ1v) is 5.62. The van der Waals surface area contributed by atoms with Crippen LogP contribution in [0.25, 0.3) is 0 Å². The molecular weight excluding hydrogens is 228 g/mol. The Morgan fingerprint density at radius 3 is 3.06 bits per heavy atom. The van der Waals surface area contributed by atoms with Gasteiger partial charge in [0.05, 0.1) is 16.7 Å². The zero-order chi connectivity index (χ0) is 11.5. The molecule has 1 heterocycles. The smallest absolute Gasteiger partial charge is 0.252 e. The lowest BCUT2D eigenvalue weighted by Gasteiger charge is -2.10. The maximum atomic E-state index is 11.7. The maximum Gasteiger partial charge on any atom is 0.252 e. The predicted octanol–water partition coefficient (Wildman–Crippen LogP) is 1.24. The van der Waals surface area contributed by atoms with Crippen molar-refractivity contribution in [1.29, 1.82) is 0 Å². The number of hydrogen-bond donors (Lipinski definition) is 2. The number of hydrogen-bond acceptors (Lipinski definition) is 3. The Bertz CT molecular complexity index is 393. The summed E-state index contributed by atoms with van der Waals surface area (Å²) < 4.78 is 0. The minimum Gasteiger partial charge on any atom is -0.391 e. The summed E-state index contributed by atoms with van der Waals surface area (Å²) in [6.07, 6.45) is 4.59. The van der Waals surface area contributed by atoms with Gasteiger partial charge in [-0.25, -0.2) is 0 Å². The molecular formula is C11H13ClN2O2. The summed E-state index contributed by atoms with van der Waals surface area (Å²) in [4.78, 5) is 15.5. The van der Waals surface area contributed by atoms with Gasteiger partial charge in [0.25, 0.3) is 5.91 Å². The third-order valence-electron chi connectivity index (χ3n) is 2.65. The van der Waals surface area contributed by atoms with E-state index in [0.717, 1.165) is 12.8 Å². The molecule has 5 heteroatoms. The number of pyridine rings is 1. The second kappa shape index (κ2) is 4.80. The van der Waals surface area contributed by atoms with Crippen LogP contribution < -0.4 is 5.32 Å². The molecule has 0 saturated heterocycles. The Balaban J connectivity index is 1.90. The summed E-state index contributed by atoms with van der Waals surface area (Å²) in [5.41, 5.74) is 0.389. The van der Waals surface area contributed by atoms with E-state index < -0.39 is 6.10 Å². The number of rotatable bonds is 4. The fourth-order valence-electron chi connectivity index (χ4n) is 1.50. The van der Waals surface area contributed by atoms with Crippen molar-refractivity contribution in [2.24, 2.45) is 5.92 Å². The average molecular weight is 241 g/mol. The van der Waals surface area contributed by atoms with Gasteiger partial charge >= 0.3 is 0 Å². The van der Waals surface area contributed by atoms with Crippen molar-refractivity contribution in [2.75, 3.05) is 6.54 Å². The minimum absolute atomic E-state index is 0.271. The Kier molecular flexibility index (Phi) is 3.41. The van der Waals surface area contributed by atoms with E-state index in [0.29, 0.717) is 16.5 Å². The first-order valence-electron chi connectivity index (χ1n) is 5.24. The topological polar surface area (TPSA) is 62.2 Å². The number of nitrogens with one attached hydrogen (secondary N) is 1. The number of aliphatic hydroxyl groups excluding tert-OH is 1. The number of halogens is 1. The van der Waals surface area contributed by atoms with E-state index in [1.54, 1.807) is 6.07 Å². The van der Waals surface area contributed by atoms with Crippen LogP contribution in [0.3, 0.4) is 0 Å². The highest BCUT2D eigenvalue weighted by atomic mass is 35.5. The molecule has 0 bridgehead atoms. The molecule has 0 aromatic carbocycles. The van der Waals surface area contributed by atoms with E-state index in [2.05, 4.69) is 10.3 Å². The van der Waals surface area contributed by atoms with Gasteiger partial charge in [0.15, 0.2) is 0 Å². The molecule has 0 radical (unpaired) electrons. The highest BCUT2D eigenvalue weighted by molar-refractivity contribution is 6.33. The summed E-state index contributed by atoms with van der Waals surface area (Å²) in [5.74, 6) is 0.0836. The van der Waals surface area contributed by atoms with E-state index in [1.165, 1.54) is 12.4 Å². The largest absolute Gasteiger partial charge is 0.391 e. The number of aliphatic hydroxyl groups is 1. The monoisotopic (exact) mass is 240 g/mol. The molecule has 0 aliphatic heterocycles. The van der Waals surface area contributed by atoms with Crippen LogP contribution in [0.1, 0.15) is 23.2 Å². The van der Waals surface area contributed by atoms with Crippen LogP contribution in [0.2, 0.25) is 5.02 Å². The second-order valence-electron chi connectivity index (χ2n) is 3.97. The third kappa shape index (κ3) is 2.71. The molecule has 1 aliphatic carbocycles. The Morgan fingerprint density at radius 1 is 1.69 bits per heavy atom. The molecule has 86 valence electrons. The quantitative estimate of drug-likeness (QED) is 0.832. The van der Waals surface area contributed by atoms with Crippen molar-refractivity contribution in [3.63, 3.8) is 0 Å². The molecule has 1 aromatic heterocycles. The third-order valence-corrected chi connectivity index (χ3v) is 2.96. The summed E-state index contributed by atoms with van der Waals surface area (Å²) in [6, 6.07) is 1.56. The molecule has 1 amide bonds. The van der Waals surface area contributed by atoms with Crippen LogP contribution in [-0.4, -0.2) is 28.6 Å². The van der Waals surface area contributed by atoms with Crippen molar-refractivity contribution in [2.45, 2.75) is 18.9 Å². The van der Waals surface area contributed by atoms with Crippen molar-refractivity contribution >= 4 is 17.5 Å². The molecule has 2 rings (SSSR count). The molecule has 1 fully saturated rings. The highest BCUT2D eigenvalue weighted by Crippen LogP contribution is 2.32. The normalized spacial score (nSPS) is 16.9. The fraction of sp³-hybridized carbons (Fsp3) is 0.455. The van der Waals surface area contributed by atoms with Crippen LogP contribution in [0, 0.1) is 5.92 Å². The first-order chi connectivity index (χ1) is 7.68. The Hall–Kier alpha value is -1.13. The summed E-state index contributed by atoms with van der Waals surface area (Å²) >= 11 is 5.82. The summed E-state index contributed by atoms with van der Waals surface area (Å²) in [5, 5.41) is 12.6. The van der Waals surface area contributed by atoms with Crippen molar-refractivity contribution in [1.82, 2.24) is 10.3 Å². The van der Waals surface area contributed by atoms with Crippen LogP contribution in [0.4, 0.5) is 0 Å². The van der Waals surface area contributed by atoms with Crippen LogP contribution in [0.15, 0.2) is 18.5 Å². The van der Waals surface area contributed by atoms with Crippen molar-refractivity contribution in [3.8, 4) is 0 Å². The van der Waals surface area contributed by atoms with E-state index in [1.807, 2.05) is 0 Å². The first kappa shape index (κ1) is 11.4. The number of nitrogens with zero attached hydrogens (tertiary/aromatic N) is 1. The summed E-state index contributed by atoms with van der Waals surface area (Å²) in [7, 11) is 0. The minimum atomic E-state index is -0.440. The molecule has 1 unspecified atom stereocenters. The second-order valence-corrected chi connectivity index (χ2v) is 4.38. The van der Waals surface area contributed by atoms with Gasteiger partial charge in [-0.1, -0.05) is 11.6 Å². The zero-order valence-electron chi connectivity index (χ0n) is 8.69.